The molecule has 0 amide bonds. The summed E-state index contributed by atoms with van der Waals surface area (Å²) in [7, 11) is -1.08. The minimum atomic E-state index is -2.70. The molecule has 1 aromatic heterocycles. The highest BCUT2D eigenvalue weighted by atomic mass is 35.5. The average Bonchev–Trinajstić information content (AvgIpc) is 3.08. The third-order valence-electron chi connectivity index (χ3n) is 4.30. The van der Waals surface area contributed by atoms with Crippen LogP contribution in [0, 0.1) is 6.92 Å². The zero-order valence-corrected chi connectivity index (χ0v) is 18.4. The molecule has 3 rings (SSSR count). The molecule has 1 atom stereocenters. The van der Waals surface area contributed by atoms with Crippen LogP contribution in [0.5, 0.6) is 11.5 Å². The second-order valence-corrected chi connectivity index (χ2v) is 11.2. The fraction of sp³-hybridized carbons (Fsp3) is 0.273. The molecule has 0 saturated heterocycles. The SMILES string of the molecule is COc1ccc(Cl)cc1N=P(Oc1ccccc1)(c1ccc(C)o1)C(C)(C)C. The Hall–Kier alpha value is -2.16. The van der Waals surface area contributed by atoms with Crippen molar-refractivity contribution in [3.63, 3.8) is 0 Å². The quantitative estimate of drug-likeness (QED) is 0.412. The van der Waals surface area contributed by atoms with Crippen molar-refractivity contribution >= 4 is 30.1 Å². The van der Waals surface area contributed by atoms with Gasteiger partial charge in [-0.25, -0.2) is 4.74 Å². The Labute approximate surface area is 171 Å². The number of hydrogen-bond donors (Lipinski definition) is 0. The molecule has 28 heavy (non-hydrogen) atoms. The smallest absolute Gasteiger partial charge is 0.207 e. The number of aryl methyl sites for hydroxylation is 1. The van der Waals surface area contributed by atoms with E-state index in [2.05, 4.69) is 20.8 Å². The van der Waals surface area contributed by atoms with Crippen molar-refractivity contribution in [2.75, 3.05) is 7.11 Å². The molecule has 3 aromatic rings. The highest BCUT2D eigenvalue weighted by Crippen LogP contribution is 2.62. The monoisotopic (exact) mass is 417 g/mol. The molecule has 0 aliphatic carbocycles. The Bertz CT molecular complexity index is 1010. The van der Waals surface area contributed by atoms with Crippen molar-refractivity contribution in [2.24, 2.45) is 4.74 Å². The summed E-state index contributed by atoms with van der Waals surface area (Å²) in [6.07, 6.45) is 0. The second-order valence-electron chi connectivity index (χ2n) is 7.45. The van der Waals surface area contributed by atoms with E-state index in [0.29, 0.717) is 16.5 Å². The summed E-state index contributed by atoms with van der Waals surface area (Å²) in [6, 6.07) is 19.0. The maximum Gasteiger partial charge on any atom is 0.207 e. The summed E-state index contributed by atoms with van der Waals surface area (Å²) >= 11 is 6.26. The lowest BCUT2D eigenvalue weighted by molar-refractivity contribution is 0.416. The van der Waals surface area contributed by atoms with Crippen LogP contribution in [0.25, 0.3) is 0 Å². The minimum Gasteiger partial charge on any atom is -0.494 e. The first-order valence-corrected chi connectivity index (χ1v) is 11.1. The maximum atomic E-state index is 6.66. The van der Waals surface area contributed by atoms with Gasteiger partial charge in [0.05, 0.1) is 7.11 Å². The van der Waals surface area contributed by atoms with Gasteiger partial charge in [-0.15, -0.1) is 0 Å². The molecular weight excluding hydrogens is 393 g/mol. The molecule has 1 heterocycles. The van der Waals surface area contributed by atoms with E-state index < -0.39 is 7.28 Å². The molecule has 0 bridgehead atoms. The number of furan rings is 1. The lowest BCUT2D eigenvalue weighted by atomic mass is 10.3. The molecule has 0 saturated carbocycles. The summed E-state index contributed by atoms with van der Waals surface area (Å²) in [6.45, 7) is 8.26. The molecule has 2 aromatic carbocycles. The second kappa shape index (κ2) is 8.06. The average molecular weight is 418 g/mol. The zero-order valence-electron chi connectivity index (χ0n) is 16.8. The van der Waals surface area contributed by atoms with Gasteiger partial charge in [-0.1, -0.05) is 50.6 Å². The predicted molar refractivity (Wildman–Crippen MR) is 117 cm³/mol. The van der Waals surface area contributed by atoms with Crippen LogP contribution < -0.4 is 14.8 Å². The van der Waals surface area contributed by atoms with Crippen molar-refractivity contribution in [3.8, 4) is 11.5 Å². The van der Waals surface area contributed by atoms with Gasteiger partial charge in [0.25, 0.3) is 0 Å². The van der Waals surface area contributed by atoms with E-state index in [1.165, 1.54) is 0 Å². The van der Waals surface area contributed by atoms with Crippen LogP contribution >= 0.6 is 18.9 Å². The third-order valence-corrected chi connectivity index (χ3v) is 8.17. The van der Waals surface area contributed by atoms with Crippen molar-refractivity contribution in [2.45, 2.75) is 32.9 Å². The summed E-state index contributed by atoms with van der Waals surface area (Å²) in [5.74, 6) is 2.19. The first kappa shape index (κ1) is 20.6. The third kappa shape index (κ3) is 4.14. The van der Waals surface area contributed by atoms with Crippen LogP contribution in [0.1, 0.15) is 26.5 Å². The first-order valence-electron chi connectivity index (χ1n) is 9.03. The largest absolute Gasteiger partial charge is 0.494 e. The highest BCUT2D eigenvalue weighted by molar-refractivity contribution is 7.70. The Morgan fingerprint density at radius 1 is 1.00 bits per heavy atom. The van der Waals surface area contributed by atoms with Crippen LogP contribution in [-0.2, 0) is 0 Å². The minimum absolute atomic E-state index is 0.347. The number of hydrogen-bond acceptors (Lipinski definition) is 4. The molecule has 4 nitrogen and oxygen atoms in total. The number of halogens is 1. The standard InChI is InChI=1S/C22H25ClNO3P/c1-16-11-14-21(26-16)28(22(2,3)4,27-18-9-7-6-8-10-18)24-19-15-17(23)12-13-20(19)25-5/h6-15H,1-5H3. The van der Waals surface area contributed by atoms with Crippen molar-refractivity contribution in [1.29, 1.82) is 0 Å². The topological polar surface area (TPSA) is 44.0 Å². The van der Waals surface area contributed by atoms with Gasteiger partial charge in [-0.05, 0) is 49.4 Å². The first-order chi connectivity index (χ1) is 13.2. The predicted octanol–water partition coefficient (Wildman–Crippen LogP) is 7.20. The molecular formula is C22H25ClNO3P. The molecule has 0 N–H and O–H groups in total. The van der Waals surface area contributed by atoms with Crippen molar-refractivity contribution < 1.29 is 13.7 Å². The summed E-state index contributed by atoms with van der Waals surface area (Å²) in [5, 5.41) is 0.238. The van der Waals surface area contributed by atoms with Crippen LogP contribution in [-0.4, -0.2) is 12.3 Å². The van der Waals surface area contributed by atoms with Crippen LogP contribution in [0.3, 0.4) is 0 Å². The maximum absolute atomic E-state index is 6.66. The summed E-state index contributed by atoms with van der Waals surface area (Å²) in [4.78, 5) is 0. The number of ether oxygens (including phenoxy) is 1. The van der Waals surface area contributed by atoms with Crippen LogP contribution in [0.4, 0.5) is 5.69 Å². The van der Waals surface area contributed by atoms with Gasteiger partial charge in [0, 0.05) is 10.2 Å². The van der Waals surface area contributed by atoms with E-state index in [-0.39, 0.29) is 5.16 Å². The Morgan fingerprint density at radius 2 is 1.71 bits per heavy atom. The van der Waals surface area contributed by atoms with Gasteiger partial charge in [0.1, 0.15) is 22.9 Å². The lowest BCUT2D eigenvalue weighted by Crippen LogP contribution is -2.26. The Kier molecular flexibility index (Phi) is 5.92. The van der Waals surface area contributed by atoms with Crippen molar-refractivity contribution in [1.82, 2.24) is 0 Å². The lowest BCUT2D eigenvalue weighted by Gasteiger charge is -2.35. The number of para-hydroxylation sites is 1. The fourth-order valence-corrected chi connectivity index (χ4v) is 5.91. The van der Waals surface area contributed by atoms with Gasteiger partial charge in [-0.3, -0.25) is 0 Å². The number of nitrogens with zero attached hydrogens (tertiary/aromatic N) is 1. The number of benzene rings is 2. The van der Waals surface area contributed by atoms with E-state index >= 15 is 0 Å². The number of rotatable bonds is 5. The van der Waals surface area contributed by atoms with E-state index in [1.807, 2.05) is 55.5 Å². The summed E-state index contributed by atoms with van der Waals surface area (Å²) in [5.41, 5.74) is 1.37. The Morgan fingerprint density at radius 3 is 2.29 bits per heavy atom. The molecule has 0 spiro atoms. The Balaban J connectivity index is 2.34. The van der Waals surface area contributed by atoms with E-state index in [1.54, 1.807) is 19.2 Å². The number of methoxy groups -OCH3 is 1. The molecule has 1 unspecified atom stereocenters. The van der Waals surface area contributed by atoms with Crippen LogP contribution in [0.2, 0.25) is 5.02 Å². The molecule has 0 aliphatic rings. The molecule has 0 fully saturated rings. The van der Waals surface area contributed by atoms with Crippen LogP contribution in [0.15, 0.2) is 69.8 Å². The fourth-order valence-electron chi connectivity index (χ4n) is 2.84. The van der Waals surface area contributed by atoms with E-state index in [0.717, 1.165) is 17.0 Å². The van der Waals surface area contributed by atoms with Gasteiger partial charge < -0.3 is 13.7 Å². The molecule has 148 valence electrons. The van der Waals surface area contributed by atoms with Gasteiger partial charge in [-0.2, -0.15) is 0 Å². The van der Waals surface area contributed by atoms with E-state index in [9.17, 15) is 0 Å². The summed E-state index contributed by atoms with van der Waals surface area (Å²) < 4.78 is 23.4. The highest BCUT2D eigenvalue weighted by Gasteiger charge is 2.42. The molecule has 0 aliphatic heterocycles. The normalized spacial score (nSPS) is 13.6. The molecule has 0 radical (unpaired) electrons. The zero-order chi connectivity index (χ0) is 20.4. The van der Waals surface area contributed by atoms with E-state index in [4.69, 9.17) is 30.0 Å². The van der Waals surface area contributed by atoms with Gasteiger partial charge >= 0.3 is 0 Å². The molecule has 6 heteroatoms. The van der Waals surface area contributed by atoms with Gasteiger partial charge in [0.15, 0.2) is 5.50 Å². The van der Waals surface area contributed by atoms with Crippen molar-refractivity contribution in [3.05, 3.63) is 71.4 Å². The van der Waals surface area contributed by atoms with Gasteiger partial charge in [0.2, 0.25) is 7.28 Å².